The average Bonchev–Trinajstić information content (AvgIpc) is 3.32. The van der Waals surface area contributed by atoms with E-state index in [1.54, 1.807) is 116 Å². The molecule has 0 aliphatic heterocycles. The zero-order valence-electron chi connectivity index (χ0n) is 34.9. The molecule has 0 radical (unpaired) electrons. The monoisotopic (exact) mass is 909 g/mol. The smallest absolute Gasteiger partial charge is 0.248 e. The van der Waals surface area contributed by atoms with Crippen molar-refractivity contribution in [1.29, 1.82) is 0 Å². The van der Waals surface area contributed by atoms with Crippen LogP contribution >= 0.6 is 0 Å². The summed E-state index contributed by atoms with van der Waals surface area (Å²) in [5, 5.41) is 0. The average molecular weight is 910 g/mol. The third-order valence-corrected chi connectivity index (χ3v) is 11.0. The lowest BCUT2D eigenvalue weighted by Crippen LogP contribution is -2.07. The van der Waals surface area contributed by atoms with Crippen LogP contribution in [0.4, 0.5) is 45.2 Å². The van der Waals surface area contributed by atoms with E-state index in [0.29, 0.717) is 38.9 Å². The molecule has 0 fully saturated rings. The van der Waals surface area contributed by atoms with Gasteiger partial charge in [0.2, 0.25) is 0 Å². The van der Waals surface area contributed by atoms with Crippen LogP contribution in [0.3, 0.4) is 0 Å². The second-order valence-corrected chi connectivity index (χ2v) is 15.6. The van der Waals surface area contributed by atoms with Crippen molar-refractivity contribution in [3.8, 4) is 45.0 Å². The number of aliphatic imine (C=N–C) groups is 1. The summed E-state index contributed by atoms with van der Waals surface area (Å²) >= 11 is 0. The number of halogens is 9. The molecule has 0 N–H and O–H groups in total. The molecular formula is C53H32F9N5. The van der Waals surface area contributed by atoms with Crippen molar-refractivity contribution in [2.75, 3.05) is 0 Å². The van der Waals surface area contributed by atoms with Crippen molar-refractivity contribution in [2.24, 2.45) is 4.99 Å². The predicted octanol–water partition coefficient (Wildman–Crippen LogP) is 15.4. The standard InChI is InChI=1S/C53H32F9N5/c1-30-18-19-38(51(54,55)56)27-43(30)65-46(32-12-6-3-7-13-32)31(2)35-24-36(49-47(33-14-8-4-9-15-33)66-44-28-39(52(57,58)59)20-22-41(44)63-49)26-37(25-35)50-48(34-16-10-5-11-17-34)67-45-29-40(53(60,61)62)21-23-42(45)64-50/h3-29H,2H2,1H3. The first-order valence-electron chi connectivity index (χ1n) is 20.5. The molecule has 0 saturated heterocycles. The van der Waals surface area contributed by atoms with Gasteiger partial charge in [-0.2, -0.15) is 39.5 Å². The highest BCUT2D eigenvalue weighted by atomic mass is 19.4. The van der Waals surface area contributed by atoms with Crippen LogP contribution in [-0.4, -0.2) is 25.6 Å². The van der Waals surface area contributed by atoms with E-state index in [4.69, 9.17) is 24.9 Å². The van der Waals surface area contributed by atoms with E-state index in [1.807, 2.05) is 0 Å². The van der Waals surface area contributed by atoms with Crippen LogP contribution < -0.4 is 0 Å². The van der Waals surface area contributed by atoms with Gasteiger partial charge in [-0.05, 0) is 84.8 Å². The molecule has 0 spiro atoms. The Kier molecular flexibility index (Phi) is 11.3. The molecule has 2 aromatic heterocycles. The van der Waals surface area contributed by atoms with Crippen LogP contribution in [0.2, 0.25) is 0 Å². The maximum absolute atomic E-state index is 14.1. The van der Waals surface area contributed by atoms with Crippen molar-refractivity contribution < 1.29 is 39.5 Å². The number of hydrogen-bond acceptors (Lipinski definition) is 5. The number of aryl methyl sites for hydroxylation is 1. The van der Waals surface area contributed by atoms with Gasteiger partial charge in [0.05, 0.1) is 72.9 Å². The van der Waals surface area contributed by atoms with Crippen LogP contribution in [-0.2, 0) is 18.5 Å². The van der Waals surface area contributed by atoms with Crippen molar-refractivity contribution in [3.05, 3.63) is 204 Å². The van der Waals surface area contributed by atoms with E-state index in [0.717, 1.165) is 36.4 Å². The number of alkyl halides is 9. The largest absolute Gasteiger partial charge is 0.416 e. The van der Waals surface area contributed by atoms with Crippen molar-refractivity contribution in [2.45, 2.75) is 25.5 Å². The minimum Gasteiger partial charge on any atom is -0.248 e. The molecule has 9 aromatic rings. The van der Waals surface area contributed by atoms with Gasteiger partial charge in [-0.3, -0.25) is 0 Å². The second kappa shape index (κ2) is 17.1. The summed E-state index contributed by atoms with van der Waals surface area (Å²) in [6, 6.07) is 40.6. The van der Waals surface area contributed by atoms with Gasteiger partial charge in [0, 0.05) is 33.4 Å². The molecule has 0 atom stereocenters. The fraction of sp³-hybridized carbons (Fsp3) is 0.0755. The summed E-state index contributed by atoms with van der Waals surface area (Å²) in [5.74, 6) is 0. The number of benzene rings is 7. The minimum atomic E-state index is -4.67. The predicted molar refractivity (Wildman–Crippen MR) is 242 cm³/mol. The number of hydrogen-bond donors (Lipinski definition) is 0. The highest BCUT2D eigenvalue weighted by Gasteiger charge is 2.33. The maximum atomic E-state index is 14.1. The number of aromatic nitrogens is 4. The van der Waals surface area contributed by atoms with E-state index in [1.165, 1.54) is 18.2 Å². The zero-order valence-corrected chi connectivity index (χ0v) is 34.9. The maximum Gasteiger partial charge on any atom is 0.416 e. The first-order valence-corrected chi connectivity index (χ1v) is 20.5. The van der Waals surface area contributed by atoms with Crippen molar-refractivity contribution in [3.63, 3.8) is 0 Å². The Labute approximate surface area is 376 Å². The molecule has 0 aliphatic rings. The molecular weight excluding hydrogens is 878 g/mol. The topological polar surface area (TPSA) is 63.9 Å². The van der Waals surface area contributed by atoms with Crippen LogP contribution in [0.25, 0.3) is 72.7 Å². The van der Waals surface area contributed by atoms with Gasteiger partial charge in [0.1, 0.15) is 0 Å². The molecule has 2 heterocycles. The molecule has 0 aliphatic carbocycles. The third kappa shape index (κ3) is 9.15. The SMILES string of the molecule is C=C(C(=Nc1cc(C(F)(F)F)ccc1C)c1ccccc1)c1cc(-c2nc3ccc(C(F)(F)F)cc3nc2-c2ccccc2)cc(-c2nc3ccc(C(F)(F)F)cc3nc2-c2ccccc2)c1. The lowest BCUT2D eigenvalue weighted by Gasteiger charge is -2.18. The molecule has 7 aromatic carbocycles. The summed E-state index contributed by atoms with van der Waals surface area (Å²) in [6.07, 6.45) is -14.0. The Morgan fingerprint density at radius 2 is 0.791 bits per heavy atom. The Bertz CT molecular complexity index is 3220. The van der Waals surface area contributed by atoms with Crippen LogP contribution in [0.1, 0.15) is 33.4 Å². The van der Waals surface area contributed by atoms with Crippen LogP contribution in [0.15, 0.2) is 175 Å². The molecule has 0 saturated carbocycles. The Morgan fingerprint density at radius 3 is 1.24 bits per heavy atom. The van der Waals surface area contributed by atoms with Crippen molar-refractivity contribution in [1.82, 2.24) is 19.9 Å². The fourth-order valence-electron chi connectivity index (χ4n) is 7.60. The number of fused-ring (bicyclic) bond motifs is 2. The van der Waals surface area contributed by atoms with Gasteiger partial charge in [-0.15, -0.1) is 0 Å². The normalized spacial score (nSPS) is 12.5. The summed E-state index contributed by atoms with van der Waals surface area (Å²) in [7, 11) is 0. The quantitative estimate of drug-likeness (QED) is 0.113. The van der Waals surface area contributed by atoms with E-state index in [2.05, 4.69) is 6.58 Å². The molecule has 0 amide bonds. The highest BCUT2D eigenvalue weighted by Crippen LogP contribution is 2.41. The Morgan fingerprint density at radius 1 is 0.403 bits per heavy atom. The first-order chi connectivity index (χ1) is 31.9. The van der Waals surface area contributed by atoms with E-state index in [9.17, 15) is 39.5 Å². The van der Waals surface area contributed by atoms with E-state index in [-0.39, 0.29) is 61.8 Å². The summed E-state index contributed by atoms with van der Waals surface area (Å²) in [6.45, 7) is 6.09. The fourth-order valence-corrected chi connectivity index (χ4v) is 7.60. The number of nitrogens with zero attached hydrogens (tertiary/aromatic N) is 5. The molecule has 0 bridgehead atoms. The van der Waals surface area contributed by atoms with Crippen molar-refractivity contribution >= 4 is 39.0 Å². The molecule has 9 rings (SSSR count). The minimum absolute atomic E-state index is 0.0289. The molecule has 14 heteroatoms. The first kappa shape index (κ1) is 44.2. The lowest BCUT2D eigenvalue weighted by molar-refractivity contribution is -0.138. The number of allylic oxidation sites excluding steroid dienone is 1. The van der Waals surface area contributed by atoms with Gasteiger partial charge in [0.25, 0.3) is 0 Å². The van der Waals surface area contributed by atoms with Gasteiger partial charge in [0.15, 0.2) is 0 Å². The third-order valence-electron chi connectivity index (χ3n) is 11.0. The molecule has 5 nitrogen and oxygen atoms in total. The molecule has 0 unspecified atom stereocenters. The summed E-state index contributed by atoms with van der Waals surface area (Å²) < 4.78 is 126. The van der Waals surface area contributed by atoms with Gasteiger partial charge < -0.3 is 0 Å². The van der Waals surface area contributed by atoms with Crippen LogP contribution in [0, 0.1) is 6.92 Å². The van der Waals surface area contributed by atoms with Crippen LogP contribution in [0.5, 0.6) is 0 Å². The Hall–Kier alpha value is -8.00. The van der Waals surface area contributed by atoms with Gasteiger partial charge in [-0.25, -0.2) is 24.9 Å². The summed E-state index contributed by atoms with van der Waals surface area (Å²) in [4.78, 5) is 24.2. The van der Waals surface area contributed by atoms with E-state index >= 15 is 0 Å². The molecule has 67 heavy (non-hydrogen) atoms. The summed E-state index contributed by atoms with van der Waals surface area (Å²) in [5.41, 5.74) is 1.87. The zero-order chi connectivity index (χ0) is 47.3. The molecule has 332 valence electrons. The van der Waals surface area contributed by atoms with Gasteiger partial charge >= 0.3 is 18.5 Å². The Balaban J connectivity index is 1.35. The second-order valence-electron chi connectivity index (χ2n) is 15.6. The van der Waals surface area contributed by atoms with E-state index < -0.39 is 35.2 Å². The highest BCUT2D eigenvalue weighted by molar-refractivity contribution is 6.32. The van der Waals surface area contributed by atoms with Gasteiger partial charge in [-0.1, -0.05) is 104 Å². The number of rotatable bonds is 8. The lowest BCUT2D eigenvalue weighted by atomic mass is 9.90.